The number of ether oxygens (including phenoxy) is 1. The summed E-state index contributed by atoms with van der Waals surface area (Å²) in [5.74, 6) is 0.708. The molecule has 45 heavy (non-hydrogen) atoms. The summed E-state index contributed by atoms with van der Waals surface area (Å²) in [5.41, 5.74) is 3.56. The normalized spacial score (nSPS) is 22.1. The highest BCUT2D eigenvalue weighted by Gasteiger charge is 2.51. The van der Waals surface area contributed by atoms with Crippen LogP contribution in [0.4, 0.5) is 5.82 Å². The van der Waals surface area contributed by atoms with Crippen LogP contribution < -0.4 is 9.62 Å². The minimum absolute atomic E-state index is 0.0136. The van der Waals surface area contributed by atoms with Gasteiger partial charge in [-0.05, 0) is 79.5 Å². The van der Waals surface area contributed by atoms with E-state index in [0.717, 1.165) is 42.5 Å². The third-order valence-corrected chi connectivity index (χ3v) is 11.8. The van der Waals surface area contributed by atoms with Gasteiger partial charge in [-0.25, -0.2) is 27.8 Å². The van der Waals surface area contributed by atoms with Crippen LogP contribution in [0.2, 0.25) is 0 Å². The number of benzene rings is 1. The van der Waals surface area contributed by atoms with Crippen molar-refractivity contribution < 1.29 is 17.3 Å². The average molecular weight is 657 g/mol. The summed E-state index contributed by atoms with van der Waals surface area (Å²) < 4.78 is 44.2. The van der Waals surface area contributed by atoms with E-state index in [4.69, 9.17) is 18.9 Å². The quantitative estimate of drug-likeness (QED) is 0.313. The Morgan fingerprint density at radius 2 is 1.78 bits per heavy atom. The lowest BCUT2D eigenvalue weighted by Crippen LogP contribution is -2.55. The zero-order valence-corrected chi connectivity index (χ0v) is 29.0. The van der Waals surface area contributed by atoms with E-state index < -0.39 is 26.8 Å². The molecule has 1 spiro atoms. The molecule has 2 aliphatic rings. The monoisotopic (exact) mass is 656 g/mol. The van der Waals surface area contributed by atoms with Gasteiger partial charge < -0.3 is 9.64 Å². The van der Waals surface area contributed by atoms with E-state index >= 15 is 0 Å². The molecule has 2 fully saturated rings. The van der Waals surface area contributed by atoms with Crippen molar-refractivity contribution in [1.82, 2.24) is 34.3 Å². The molecule has 2 aliphatic heterocycles. The maximum absolute atomic E-state index is 13.1. The highest BCUT2D eigenvalue weighted by atomic mass is 32.2. The van der Waals surface area contributed by atoms with Crippen LogP contribution in [0.25, 0.3) is 27.8 Å². The lowest BCUT2D eigenvalue weighted by molar-refractivity contribution is 0.0973. The second kappa shape index (κ2) is 11.8. The van der Waals surface area contributed by atoms with Crippen molar-refractivity contribution in [2.45, 2.75) is 89.6 Å². The lowest BCUT2D eigenvalue weighted by atomic mass is 9.73. The maximum Gasteiger partial charge on any atom is 0.182 e. The number of rotatable bonds is 7. The lowest BCUT2D eigenvalue weighted by Gasteiger charge is -2.43. The average Bonchev–Trinajstić information content (AvgIpc) is 3.66. The van der Waals surface area contributed by atoms with Crippen LogP contribution in [0.15, 0.2) is 30.6 Å². The third kappa shape index (κ3) is 6.19. The molecule has 1 N–H and O–H groups in total. The van der Waals surface area contributed by atoms with Gasteiger partial charge in [-0.3, -0.25) is 8.86 Å². The molecule has 0 radical (unpaired) electrons. The maximum atomic E-state index is 13.1. The summed E-state index contributed by atoms with van der Waals surface area (Å²) in [6, 6.07) is 6.02. The van der Waals surface area contributed by atoms with Crippen molar-refractivity contribution >= 4 is 50.0 Å². The summed E-state index contributed by atoms with van der Waals surface area (Å²) >= 11 is -1.53. The van der Waals surface area contributed by atoms with Gasteiger partial charge in [0.05, 0.1) is 62.8 Å². The van der Waals surface area contributed by atoms with Gasteiger partial charge in [-0.15, -0.1) is 0 Å². The summed E-state index contributed by atoms with van der Waals surface area (Å²) in [5, 5.41) is 10.1. The van der Waals surface area contributed by atoms with Crippen molar-refractivity contribution in [2.24, 2.45) is 12.5 Å². The van der Waals surface area contributed by atoms with E-state index in [1.165, 1.54) is 0 Å². The molecule has 12 nitrogen and oxygen atoms in total. The standard InChI is InChI=1S/C31H44N8O4S2/c1-20-26(36-44(40)29(2,3)4)31(19-42-20)11-13-38(14-12-31)27-24(18-43-45(41)30(5,6)7)35-28-23(34-27)17-33-39(28)22-10-9-21-16-32-37(8)25(21)15-22/h9-10,15-17,20,26,36H,11-14,18-19H2,1-8H3/t20-,26+,44?,45?/m0/s1. The first-order valence-electron chi connectivity index (χ1n) is 15.4. The van der Waals surface area contributed by atoms with Gasteiger partial charge in [0.25, 0.3) is 0 Å². The Morgan fingerprint density at radius 3 is 2.47 bits per heavy atom. The molecule has 4 atom stereocenters. The van der Waals surface area contributed by atoms with E-state index in [1.807, 2.05) is 77.7 Å². The van der Waals surface area contributed by atoms with Crippen LogP contribution in [-0.4, -0.2) is 79.3 Å². The number of hydrogen-bond acceptors (Lipinski definition) is 9. The van der Waals surface area contributed by atoms with E-state index in [0.29, 0.717) is 29.3 Å². The molecule has 0 amide bonds. The summed E-state index contributed by atoms with van der Waals surface area (Å²) in [6.45, 7) is 15.8. The highest BCUT2D eigenvalue weighted by Crippen LogP contribution is 2.44. The fourth-order valence-corrected chi connectivity index (χ4v) is 7.67. The molecule has 5 heterocycles. The van der Waals surface area contributed by atoms with Crippen LogP contribution in [0.3, 0.4) is 0 Å². The third-order valence-electron chi connectivity index (χ3n) is 8.84. The fraction of sp³-hybridized carbons (Fsp3) is 0.613. The summed E-state index contributed by atoms with van der Waals surface area (Å²) in [4.78, 5) is 12.4. The first-order chi connectivity index (χ1) is 21.2. The molecule has 0 aliphatic carbocycles. The molecular formula is C31H44N8O4S2. The molecular weight excluding hydrogens is 613 g/mol. The predicted molar refractivity (Wildman–Crippen MR) is 178 cm³/mol. The second-order valence-electron chi connectivity index (χ2n) is 14.2. The second-order valence-corrected chi connectivity index (χ2v) is 18.1. The van der Waals surface area contributed by atoms with Gasteiger partial charge in [0.2, 0.25) is 0 Å². The van der Waals surface area contributed by atoms with Crippen molar-refractivity contribution in [3.63, 3.8) is 0 Å². The van der Waals surface area contributed by atoms with E-state index in [-0.39, 0.29) is 28.9 Å². The van der Waals surface area contributed by atoms with Gasteiger partial charge in [-0.1, -0.05) is 0 Å². The van der Waals surface area contributed by atoms with E-state index in [9.17, 15) is 8.42 Å². The first kappa shape index (κ1) is 32.2. The molecule has 0 bridgehead atoms. The van der Waals surface area contributed by atoms with Crippen LogP contribution in [-0.2, 0) is 44.6 Å². The van der Waals surface area contributed by atoms with E-state index in [2.05, 4.69) is 26.7 Å². The van der Waals surface area contributed by atoms with Gasteiger partial charge in [0.1, 0.15) is 17.8 Å². The molecule has 6 rings (SSSR count). The molecule has 2 unspecified atom stereocenters. The minimum atomic E-state index is -1.53. The van der Waals surface area contributed by atoms with Crippen molar-refractivity contribution in [3.05, 3.63) is 36.3 Å². The molecule has 3 aromatic heterocycles. The zero-order valence-electron chi connectivity index (χ0n) is 27.4. The molecule has 244 valence electrons. The Balaban J connectivity index is 1.32. The van der Waals surface area contributed by atoms with Crippen LogP contribution in [0.5, 0.6) is 0 Å². The van der Waals surface area contributed by atoms with Gasteiger partial charge in [0, 0.05) is 30.9 Å². The van der Waals surface area contributed by atoms with Crippen molar-refractivity contribution in [2.75, 3.05) is 24.6 Å². The molecule has 1 aromatic carbocycles. The van der Waals surface area contributed by atoms with Crippen LogP contribution in [0, 0.1) is 5.41 Å². The van der Waals surface area contributed by atoms with Crippen molar-refractivity contribution in [1.29, 1.82) is 0 Å². The number of piperidine rings is 1. The largest absolute Gasteiger partial charge is 0.376 e. The number of fused-ring (bicyclic) bond motifs is 2. The smallest absolute Gasteiger partial charge is 0.182 e. The van der Waals surface area contributed by atoms with Gasteiger partial charge >= 0.3 is 0 Å². The molecule has 0 saturated carbocycles. The summed E-state index contributed by atoms with van der Waals surface area (Å²) in [7, 11) is 0.710. The molecule has 14 heteroatoms. The number of nitrogens with one attached hydrogen (secondary N) is 1. The fourth-order valence-electron chi connectivity index (χ4n) is 6.08. The zero-order chi connectivity index (χ0) is 32.3. The highest BCUT2D eigenvalue weighted by molar-refractivity contribution is 7.84. The molecule has 2 saturated heterocycles. The number of anilines is 1. The van der Waals surface area contributed by atoms with Crippen molar-refractivity contribution in [3.8, 4) is 5.69 Å². The van der Waals surface area contributed by atoms with E-state index in [1.54, 1.807) is 10.9 Å². The first-order valence-corrected chi connectivity index (χ1v) is 17.7. The molecule has 4 aromatic rings. The topological polar surface area (TPSA) is 129 Å². The Hall–Kier alpha value is -2.78. The number of nitrogens with zero attached hydrogens (tertiary/aromatic N) is 7. The van der Waals surface area contributed by atoms with Crippen LogP contribution >= 0.6 is 0 Å². The Labute approximate surface area is 269 Å². The summed E-state index contributed by atoms with van der Waals surface area (Å²) in [6.07, 6.45) is 5.21. The number of hydrogen-bond donors (Lipinski definition) is 1. The Bertz CT molecular complexity index is 1760. The Kier molecular flexibility index (Phi) is 8.43. The SMILES string of the molecule is C[C@@H]1OCC2(CCN(c3nc4cnn(-c5ccc6cnn(C)c6c5)c4nc3COS(=O)C(C)(C)C)CC2)[C@@H]1NS(=O)C(C)(C)C. The minimum Gasteiger partial charge on any atom is -0.376 e. The Morgan fingerprint density at radius 1 is 1.04 bits per heavy atom. The number of aromatic nitrogens is 6. The van der Waals surface area contributed by atoms with Gasteiger partial charge in [-0.2, -0.15) is 10.2 Å². The predicted octanol–water partition coefficient (Wildman–Crippen LogP) is 4.11. The van der Waals surface area contributed by atoms with Gasteiger partial charge in [0.15, 0.2) is 22.5 Å². The van der Waals surface area contributed by atoms with Crippen LogP contribution in [0.1, 0.15) is 67.0 Å². The number of aryl methyl sites for hydroxylation is 1.